The van der Waals surface area contributed by atoms with Gasteiger partial charge in [0.25, 0.3) is 0 Å². The number of aryl methyl sites for hydroxylation is 1. The first-order valence-electron chi connectivity index (χ1n) is 5.09. The first kappa shape index (κ1) is 14.1. The number of nitrogen functional groups attached to an aromatic ring is 1. The molecule has 2 rings (SSSR count). The lowest BCUT2D eigenvalue weighted by molar-refractivity contribution is 0.628. The van der Waals surface area contributed by atoms with Crippen LogP contribution < -0.4 is 11.1 Å². The third-order valence-electron chi connectivity index (χ3n) is 2.36. The molecule has 0 bridgehead atoms. The van der Waals surface area contributed by atoms with Crippen LogP contribution in [0.15, 0.2) is 12.1 Å². The summed E-state index contributed by atoms with van der Waals surface area (Å²) >= 11 is 17.6. The molecule has 0 saturated heterocycles. The smallest absolute Gasteiger partial charge is 0.224 e. The van der Waals surface area contributed by atoms with Gasteiger partial charge >= 0.3 is 0 Å². The average molecular weight is 322 g/mol. The van der Waals surface area contributed by atoms with E-state index in [9.17, 15) is 4.39 Å². The predicted octanol–water partition coefficient (Wildman–Crippen LogP) is 4.21. The lowest BCUT2D eigenvalue weighted by Gasteiger charge is -2.12. The molecule has 1 heterocycles. The zero-order valence-electron chi connectivity index (χ0n) is 9.64. The Bertz CT molecular complexity index is 625. The second-order valence-corrected chi connectivity index (χ2v) is 4.86. The van der Waals surface area contributed by atoms with Crippen molar-refractivity contribution in [3.63, 3.8) is 0 Å². The Labute approximate surface area is 123 Å². The van der Waals surface area contributed by atoms with E-state index in [1.807, 2.05) is 0 Å². The number of nitrogens with one attached hydrogen (secondary N) is 1. The molecule has 19 heavy (non-hydrogen) atoms. The summed E-state index contributed by atoms with van der Waals surface area (Å²) in [5, 5.41) is 3.07. The van der Waals surface area contributed by atoms with Gasteiger partial charge in [0.1, 0.15) is 5.82 Å². The molecule has 0 atom stereocenters. The third kappa shape index (κ3) is 3.00. The summed E-state index contributed by atoms with van der Waals surface area (Å²) in [6, 6.07) is 2.25. The van der Waals surface area contributed by atoms with E-state index in [0.29, 0.717) is 17.1 Å². The van der Waals surface area contributed by atoms with Crippen LogP contribution in [0.5, 0.6) is 0 Å². The van der Waals surface area contributed by atoms with Gasteiger partial charge in [-0.05, 0) is 30.7 Å². The van der Waals surface area contributed by atoms with E-state index in [4.69, 9.17) is 40.5 Å². The molecule has 1 aromatic heterocycles. The van der Waals surface area contributed by atoms with Crippen LogP contribution in [0, 0.1) is 12.7 Å². The highest BCUT2D eigenvalue weighted by atomic mass is 35.5. The molecule has 0 unspecified atom stereocenters. The summed E-state index contributed by atoms with van der Waals surface area (Å²) in [6.07, 6.45) is 0. The van der Waals surface area contributed by atoms with Gasteiger partial charge in [-0.1, -0.05) is 23.2 Å². The maximum Gasteiger partial charge on any atom is 0.224 e. The summed E-state index contributed by atoms with van der Waals surface area (Å²) in [5.74, 6) is -0.279. The highest BCUT2D eigenvalue weighted by molar-refractivity contribution is 6.39. The topological polar surface area (TPSA) is 63.8 Å². The molecule has 4 nitrogen and oxygen atoms in total. The Kier molecular flexibility index (Phi) is 3.99. The molecule has 0 spiro atoms. The van der Waals surface area contributed by atoms with Crippen LogP contribution in [0.3, 0.4) is 0 Å². The molecular weight excluding hydrogens is 314 g/mol. The molecule has 0 aliphatic heterocycles. The van der Waals surface area contributed by atoms with Gasteiger partial charge in [0.15, 0.2) is 5.82 Å². The van der Waals surface area contributed by atoms with Gasteiger partial charge in [-0.3, -0.25) is 0 Å². The van der Waals surface area contributed by atoms with Crippen molar-refractivity contribution in [1.29, 1.82) is 0 Å². The monoisotopic (exact) mass is 320 g/mol. The van der Waals surface area contributed by atoms with Crippen molar-refractivity contribution >= 4 is 52.0 Å². The fraction of sp³-hybridized carbons (Fsp3) is 0.0909. The summed E-state index contributed by atoms with van der Waals surface area (Å²) in [4.78, 5) is 7.84. The van der Waals surface area contributed by atoms with E-state index >= 15 is 0 Å². The van der Waals surface area contributed by atoms with Crippen LogP contribution in [0.2, 0.25) is 15.3 Å². The molecule has 0 aliphatic carbocycles. The second kappa shape index (κ2) is 5.36. The number of nitrogens with two attached hydrogens (primary N) is 1. The average Bonchev–Trinajstić information content (AvgIpc) is 2.29. The van der Waals surface area contributed by atoms with Crippen LogP contribution >= 0.6 is 34.8 Å². The Morgan fingerprint density at radius 1 is 1.16 bits per heavy atom. The molecule has 3 N–H and O–H groups in total. The normalized spacial score (nSPS) is 10.6. The van der Waals surface area contributed by atoms with E-state index in [1.165, 1.54) is 0 Å². The van der Waals surface area contributed by atoms with Gasteiger partial charge in [0, 0.05) is 0 Å². The number of hydrogen-bond acceptors (Lipinski definition) is 4. The van der Waals surface area contributed by atoms with E-state index in [1.54, 1.807) is 6.92 Å². The van der Waals surface area contributed by atoms with Gasteiger partial charge in [0.05, 0.1) is 27.1 Å². The van der Waals surface area contributed by atoms with E-state index < -0.39 is 5.82 Å². The van der Waals surface area contributed by atoms with E-state index in [2.05, 4.69) is 15.3 Å². The highest BCUT2D eigenvalue weighted by Gasteiger charge is 2.13. The van der Waals surface area contributed by atoms with Crippen molar-refractivity contribution in [1.82, 2.24) is 9.97 Å². The van der Waals surface area contributed by atoms with Gasteiger partial charge in [0.2, 0.25) is 5.28 Å². The molecule has 0 aliphatic rings. The molecule has 0 amide bonds. The number of nitrogens with zero attached hydrogens (tertiary/aromatic N) is 2. The van der Waals surface area contributed by atoms with Gasteiger partial charge in [-0.25, -0.2) is 9.37 Å². The number of rotatable bonds is 2. The Morgan fingerprint density at radius 3 is 2.32 bits per heavy atom. The molecule has 0 saturated carbocycles. The minimum atomic E-state index is -0.537. The summed E-state index contributed by atoms with van der Waals surface area (Å²) in [7, 11) is 0. The highest BCUT2D eigenvalue weighted by Crippen LogP contribution is 2.35. The van der Waals surface area contributed by atoms with Crippen LogP contribution in [0.25, 0.3) is 0 Å². The molecule has 1 aromatic carbocycles. The number of benzene rings is 1. The molecule has 100 valence electrons. The van der Waals surface area contributed by atoms with Gasteiger partial charge in [-0.2, -0.15) is 4.98 Å². The largest absolute Gasteiger partial charge is 0.394 e. The fourth-order valence-electron chi connectivity index (χ4n) is 1.42. The van der Waals surface area contributed by atoms with Crippen molar-refractivity contribution in [2.24, 2.45) is 0 Å². The van der Waals surface area contributed by atoms with Crippen molar-refractivity contribution in [2.45, 2.75) is 6.92 Å². The zero-order chi connectivity index (χ0) is 14.2. The molecule has 8 heteroatoms. The van der Waals surface area contributed by atoms with Crippen molar-refractivity contribution in [3.8, 4) is 0 Å². The van der Waals surface area contributed by atoms with Crippen LogP contribution in [0.1, 0.15) is 5.69 Å². The van der Waals surface area contributed by atoms with E-state index in [0.717, 1.165) is 12.1 Å². The molecule has 2 aromatic rings. The standard InChI is InChI=1S/C11H8Cl3FN4/c1-4-8(16)10(19-11(14)17-4)18-9-6(12)2-5(15)3-7(9)13/h2-3H,16H2,1H3,(H,17,18,19). The molecule has 0 radical (unpaired) electrons. The summed E-state index contributed by atoms with van der Waals surface area (Å²) < 4.78 is 13.1. The number of anilines is 3. The Morgan fingerprint density at radius 2 is 1.74 bits per heavy atom. The van der Waals surface area contributed by atoms with Crippen molar-refractivity contribution < 1.29 is 4.39 Å². The zero-order valence-corrected chi connectivity index (χ0v) is 11.9. The van der Waals surface area contributed by atoms with E-state index in [-0.39, 0.29) is 21.1 Å². The van der Waals surface area contributed by atoms with Gasteiger partial charge < -0.3 is 11.1 Å². The first-order chi connectivity index (χ1) is 8.88. The lowest BCUT2D eigenvalue weighted by Crippen LogP contribution is -2.04. The number of aromatic nitrogens is 2. The Balaban J connectivity index is 2.48. The number of halogens is 4. The fourth-order valence-corrected chi connectivity index (χ4v) is 2.19. The van der Waals surface area contributed by atoms with Crippen LogP contribution in [-0.4, -0.2) is 9.97 Å². The molecule has 0 fully saturated rings. The number of hydrogen-bond donors (Lipinski definition) is 2. The predicted molar refractivity (Wildman–Crippen MR) is 75.9 cm³/mol. The SMILES string of the molecule is Cc1nc(Cl)nc(Nc2c(Cl)cc(F)cc2Cl)c1N. The Hall–Kier alpha value is -1.30. The van der Waals surface area contributed by atoms with Crippen LogP contribution in [0.4, 0.5) is 21.6 Å². The minimum Gasteiger partial charge on any atom is -0.394 e. The van der Waals surface area contributed by atoms with Crippen LogP contribution in [-0.2, 0) is 0 Å². The first-order valence-corrected chi connectivity index (χ1v) is 6.23. The second-order valence-electron chi connectivity index (χ2n) is 3.71. The van der Waals surface area contributed by atoms with Crippen molar-refractivity contribution in [2.75, 3.05) is 11.1 Å². The van der Waals surface area contributed by atoms with Gasteiger partial charge in [-0.15, -0.1) is 0 Å². The summed E-state index contributed by atoms with van der Waals surface area (Å²) in [6.45, 7) is 1.68. The quantitative estimate of drug-likeness (QED) is 0.813. The summed E-state index contributed by atoms with van der Waals surface area (Å²) in [5.41, 5.74) is 6.94. The maximum absolute atomic E-state index is 13.1. The molecular formula is C11H8Cl3FN4. The third-order valence-corrected chi connectivity index (χ3v) is 3.12. The maximum atomic E-state index is 13.1. The van der Waals surface area contributed by atoms with Crippen molar-refractivity contribution in [3.05, 3.63) is 39.0 Å². The lowest BCUT2D eigenvalue weighted by atomic mass is 10.3. The minimum absolute atomic E-state index is 0.0311.